The summed E-state index contributed by atoms with van der Waals surface area (Å²) in [6.07, 6.45) is 2.69. The molecule has 2 aliphatic rings. The Hall–Kier alpha value is -4.22. The summed E-state index contributed by atoms with van der Waals surface area (Å²) in [5.41, 5.74) is 3.00. The van der Waals surface area contributed by atoms with Crippen molar-refractivity contribution in [2.45, 2.75) is 39.3 Å². The number of aryl methyl sites for hydroxylation is 2. The molecule has 2 aliphatic heterocycles. The first-order chi connectivity index (χ1) is 23.1. The Bertz CT molecular complexity index is 1870. The number of pyridine rings is 1. The van der Waals surface area contributed by atoms with Crippen LogP contribution in [0.25, 0.3) is 10.9 Å². The molecule has 252 valence electrons. The van der Waals surface area contributed by atoms with Gasteiger partial charge in [0.2, 0.25) is 11.3 Å². The van der Waals surface area contributed by atoms with Gasteiger partial charge in [0.15, 0.2) is 0 Å². The molecule has 0 bridgehead atoms. The summed E-state index contributed by atoms with van der Waals surface area (Å²) >= 11 is 3.53. The summed E-state index contributed by atoms with van der Waals surface area (Å²) in [6.45, 7) is 9.12. The van der Waals surface area contributed by atoms with E-state index in [4.69, 9.17) is 0 Å². The van der Waals surface area contributed by atoms with E-state index >= 15 is 4.39 Å². The van der Waals surface area contributed by atoms with Crippen LogP contribution in [0, 0.1) is 5.82 Å². The lowest BCUT2D eigenvalue weighted by Crippen LogP contribution is -2.50. The fourth-order valence-electron chi connectivity index (χ4n) is 6.86. The average Bonchev–Trinajstić information content (AvgIpc) is 3.08. The SMILES string of the molecule is CCn1cc(C(=O)Nc2cc(Br)ccc2N2CCN(C)CC2C)c(=O)c2cc(F)c(N3CCN(C(=O)CCc4ccccc4)CC3)cc21. The largest absolute Gasteiger partial charge is 0.366 e. The van der Waals surface area contributed by atoms with Crippen molar-refractivity contribution in [1.82, 2.24) is 14.4 Å². The van der Waals surface area contributed by atoms with E-state index in [-0.39, 0.29) is 22.9 Å². The van der Waals surface area contributed by atoms with Crippen LogP contribution in [0.2, 0.25) is 0 Å². The molecule has 4 aromatic rings. The molecule has 3 heterocycles. The van der Waals surface area contributed by atoms with Crippen LogP contribution in [-0.2, 0) is 17.8 Å². The third-order valence-electron chi connectivity index (χ3n) is 9.52. The van der Waals surface area contributed by atoms with Crippen LogP contribution in [0.1, 0.15) is 36.2 Å². The van der Waals surface area contributed by atoms with E-state index in [1.54, 1.807) is 12.3 Å². The van der Waals surface area contributed by atoms with Crippen molar-refractivity contribution in [3.63, 3.8) is 0 Å². The van der Waals surface area contributed by atoms with E-state index in [1.807, 2.05) is 69.8 Å². The lowest BCUT2D eigenvalue weighted by atomic mass is 10.1. The monoisotopic (exact) mass is 716 g/mol. The van der Waals surface area contributed by atoms with E-state index in [1.165, 1.54) is 6.07 Å². The van der Waals surface area contributed by atoms with Gasteiger partial charge >= 0.3 is 0 Å². The summed E-state index contributed by atoms with van der Waals surface area (Å²) in [6, 6.07) is 18.9. The molecule has 48 heavy (non-hydrogen) atoms. The number of aromatic nitrogens is 1. The minimum absolute atomic E-state index is 0.0449. The van der Waals surface area contributed by atoms with Crippen molar-refractivity contribution in [3.8, 4) is 0 Å². The number of carbonyl (C=O) groups is 2. The standard InChI is InChI=1S/C37H42BrFN6O3/c1-4-42-24-29(37(48)40-31-20-27(38)11-12-32(31)45-19-14-41(3)23-25(45)2)36(47)28-21-30(39)34(22-33(28)42)43-15-17-44(18-16-43)35(46)13-10-26-8-6-5-7-9-26/h5-9,11-12,20-22,24-25H,4,10,13-19,23H2,1-3H3,(H,40,48). The Balaban J connectivity index is 1.21. The molecular formula is C37H42BrFN6O3. The molecule has 1 atom stereocenters. The lowest BCUT2D eigenvalue weighted by molar-refractivity contribution is -0.131. The van der Waals surface area contributed by atoms with Gasteiger partial charge in [-0.15, -0.1) is 0 Å². The number of likely N-dealkylation sites (N-methyl/N-ethyl adjacent to an activating group) is 1. The Morgan fingerprint density at radius 1 is 0.958 bits per heavy atom. The summed E-state index contributed by atoms with van der Waals surface area (Å²) in [7, 11) is 2.10. The first-order valence-electron chi connectivity index (χ1n) is 16.6. The zero-order valence-electron chi connectivity index (χ0n) is 27.7. The molecule has 0 saturated carbocycles. The number of hydrogen-bond acceptors (Lipinski definition) is 6. The quantitative estimate of drug-likeness (QED) is 0.256. The van der Waals surface area contributed by atoms with Gasteiger partial charge in [0.05, 0.1) is 22.6 Å². The molecule has 9 nitrogen and oxygen atoms in total. The van der Waals surface area contributed by atoms with Crippen molar-refractivity contribution in [2.24, 2.45) is 0 Å². The average molecular weight is 718 g/mol. The second kappa shape index (κ2) is 14.5. The molecular weight excluding hydrogens is 675 g/mol. The molecule has 2 fully saturated rings. The summed E-state index contributed by atoms with van der Waals surface area (Å²) < 4.78 is 18.4. The fourth-order valence-corrected chi connectivity index (χ4v) is 7.22. The van der Waals surface area contributed by atoms with Gasteiger partial charge in [0, 0.05) is 80.9 Å². The normalized spacial score (nSPS) is 17.2. The van der Waals surface area contributed by atoms with Gasteiger partial charge in [-0.1, -0.05) is 46.3 Å². The Morgan fingerprint density at radius 2 is 1.71 bits per heavy atom. The molecule has 11 heteroatoms. The van der Waals surface area contributed by atoms with E-state index in [2.05, 4.69) is 45.0 Å². The van der Waals surface area contributed by atoms with E-state index in [9.17, 15) is 14.4 Å². The van der Waals surface area contributed by atoms with Gasteiger partial charge in [0.25, 0.3) is 5.91 Å². The number of piperazine rings is 2. The van der Waals surface area contributed by atoms with Crippen LogP contribution in [0.5, 0.6) is 0 Å². The summed E-state index contributed by atoms with van der Waals surface area (Å²) in [5, 5.41) is 3.15. The maximum atomic E-state index is 15.7. The summed E-state index contributed by atoms with van der Waals surface area (Å²) in [5.74, 6) is -0.971. The van der Waals surface area contributed by atoms with Gasteiger partial charge in [-0.3, -0.25) is 14.4 Å². The second-order valence-corrected chi connectivity index (χ2v) is 13.7. The van der Waals surface area contributed by atoms with E-state index in [0.29, 0.717) is 62.5 Å². The van der Waals surface area contributed by atoms with Crippen LogP contribution in [0.4, 0.5) is 21.5 Å². The van der Waals surface area contributed by atoms with Crippen molar-refractivity contribution in [1.29, 1.82) is 0 Å². The number of nitrogens with zero attached hydrogens (tertiary/aromatic N) is 5. The molecule has 1 aromatic heterocycles. The topological polar surface area (TPSA) is 81.1 Å². The Morgan fingerprint density at radius 3 is 2.42 bits per heavy atom. The molecule has 0 aliphatic carbocycles. The minimum Gasteiger partial charge on any atom is -0.366 e. The number of nitrogens with one attached hydrogen (secondary N) is 1. The number of benzene rings is 3. The van der Waals surface area contributed by atoms with Crippen LogP contribution < -0.4 is 20.5 Å². The van der Waals surface area contributed by atoms with Crippen LogP contribution in [0.15, 0.2) is 76.1 Å². The van der Waals surface area contributed by atoms with E-state index < -0.39 is 17.2 Å². The van der Waals surface area contributed by atoms with Crippen molar-refractivity contribution in [2.75, 3.05) is 68.0 Å². The molecule has 1 unspecified atom stereocenters. The smallest absolute Gasteiger partial charge is 0.261 e. The molecule has 6 rings (SSSR count). The summed E-state index contributed by atoms with van der Waals surface area (Å²) in [4.78, 5) is 48.7. The zero-order chi connectivity index (χ0) is 33.9. The van der Waals surface area contributed by atoms with Crippen LogP contribution in [-0.4, -0.2) is 85.1 Å². The highest BCUT2D eigenvalue weighted by Gasteiger charge is 2.27. The first-order valence-corrected chi connectivity index (χ1v) is 17.4. The predicted octanol–water partition coefficient (Wildman–Crippen LogP) is 5.60. The van der Waals surface area contributed by atoms with Crippen molar-refractivity contribution < 1.29 is 14.0 Å². The number of halogens is 2. The van der Waals surface area contributed by atoms with Gasteiger partial charge in [-0.05, 0) is 63.2 Å². The highest BCUT2D eigenvalue weighted by atomic mass is 79.9. The third kappa shape index (κ3) is 7.12. The number of rotatable bonds is 8. The van der Waals surface area contributed by atoms with Crippen molar-refractivity contribution >= 4 is 55.7 Å². The van der Waals surface area contributed by atoms with Crippen molar-refractivity contribution in [3.05, 3.63) is 98.5 Å². The van der Waals surface area contributed by atoms with Gasteiger partial charge in [0.1, 0.15) is 11.4 Å². The number of carbonyl (C=O) groups excluding carboxylic acids is 2. The van der Waals surface area contributed by atoms with Gasteiger partial charge in [-0.2, -0.15) is 0 Å². The van der Waals surface area contributed by atoms with E-state index in [0.717, 1.165) is 35.4 Å². The molecule has 2 saturated heterocycles. The first kappa shape index (κ1) is 33.7. The molecule has 0 radical (unpaired) electrons. The maximum absolute atomic E-state index is 15.7. The molecule has 1 N–H and O–H groups in total. The maximum Gasteiger partial charge on any atom is 0.261 e. The molecule has 0 spiro atoms. The van der Waals surface area contributed by atoms with Crippen LogP contribution >= 0.6 is 15.9 Å². The molecule has 3 aromatic carbocycles. The van der Waals surface area contributed by atoms with Gasteiger partial charge < -0.3 is 29.5 Å². The highest BCUT2D eigenvalue weighted by molar-refractivity contribution is 9.10. The number of fused-ring (bicyclic) bond motifs is 1. The number of anilines is 3. The zero-order valence-corrected chi connectivity index (χ0v) is 29.3. The number of hydrogen-bond donors (Lipinski definition) is 1. The minimum atomic E-state index is -0.539. The van der Waals surface area contributed by atoms with Gasteiger partial charge in [-0.25, -0.2) is 4.39 Å². The predicted molar refractivity (Wildman–Crippen MR) is 194 cm³/mol. The fraction of sp³-hybridized carbons (Fsp3) is 0.378. The third-order valence-corrected chi connectivity index (χ3v) is 10.0. The Kier molecular flexibility index (Phi) is 10.2. The second-order valence-electron chi connectivity index (χ2n) is 12.8. The molecule has 2 amide bonds. The van der Waals surface area contributed by atoms with Crippen LogP contribution in [0.3, 0.4) is 0 Å². The Labute approximate surface area is 289 Å². The number of amides is 2. The highest BCUT2D eigenvalue weighted by Crippen LogP contribution is 2.33. The lowest BCUT2D eigenvalue weighted by Gasteiger charge is -2.40.